The lowest BCUT2D eigenvalue weighted by atomic mass is 10.0. The third-order valence-electron chi connectivity index (χ3n) is 4.83. The Bertz CT molecular complexity index is 588. The summed E-state index contributed by atoms with van der Waals surface area (Å²) in [7, 11) is 2.06. The highest BCUT2D eigenvalue weighted by atomic mass is 16.5. The maximum Gasteiger partial charge on any atom is 0.246 e. The van der Waals surface area contributed by atoms with E-state index in [2.05, 4.69) is 24.1 Å². The fraction of sp³-hybridized carbons (Fsp3) is 0.600. The van der Waals surface area contributed by atoms with E-state index in [0.717, 1.165) is 44.6 Å². The molecule has 0 saturated carbocycles. The standard InChI is InChI=1S/C20H31N3O3/c1-3-26-18(20(21)25)15-17-8-6-16(7-9-17)5-4-11-23-14-13-22(2)12-10-19(23)24/h6-9,18H,3-5,10-15H2,1-2H3,(H2,21,25). The summed E-state index contributed by atoms with van der Waals surface area (Å²) < 4.78 is 5.38. The number of aryl methyl sites for hydroxylation is 1. The predicted octanol–water partition coefficient (Wildman–Crippen LogP) is 1.22. The first-order chi connectivity index (χ1) is 12.5. The van der Waals surface area contributed by atoms with Gasteiger partial charge in [-0.05, 0) is 37.9 Å². The molecule has 0 spiro atoms. The molecule has 2 N–H and O–H groups in total. The molecule has 6 heteroatoms. The molecule has 0 aliphatic carbocycles. The van der Waals surface area contributed by atoms with Crippen LogP contribution in [-0.4, -0.2) is 67.6 Å². The SMILES string of the molecule is CCOC(Cc1ccc(CCCN2CCN(C)CCC2=O)cc1)C(N)=O. The van der Waals surface area contributed by atoms with Crippen LogP contribution in [0.4, 0.5) is 0 Å². The molecule has 144 valence electrons. The number of rotatable bonds is 9. The average Bonchev–Trinajstić information content (AvgIpc) is 2.78. The van der Waals surface area contributed by atoms with Gasteiger partial charge in [0.1, 0.15) is 6.10 Å². The van der Waals surface area contributed by atoms with E-state index in [1.807, 2.05) is 24.0 Å². The summed E-state index contributed by atoms with van der Waals surface area (Å²) in [5.41, 5.74) is 7.64. The van der Waals surface area contributed by atoms with Crippen LogP contribution in [0.25, 0.3) is 0 Å². The van der Waals surface area contributed by atoms with Gasteiger partial charge in [0.25, 0.3) is 0 Å². The minimum Gasteiger partial charge on any atom is -0.368 e. The van der Waals surface area contributed by atoms with E-state index >= 15 is 0 Å². The molecule has 1 aromatic carbocycles. The zero-order valence-electron chi connectivity index (χ0n) is 15.9. The summed E-state index contributed by atoms with van der Waals surface area (Å²) in [4.78, 5) is 27.7. The van der Waals surface area contributed by atoms with Crippen LogP contribution >= 0.6 is 0 Å². The van der Waals surface area contributed by atoms with Crippen LogP contribution in [0.1, 0.15) is 30.9 Å². The van der Waals surface area contributed by atoms with Crippen molar-refractivity contribution in [3.63, 3.8) is 0 Å². The van der Waals surface area contributed by atoms with Gasteiger partial charge in [-0.2, -0.15) is 0 Å². The number of primary amides is 1. The highest BCUT2D eigenvalue weighted by molar-refractivity contribution is 5.79. The van der Waals surface area contributed by atoms with Crippen LogP contribution in [0.5, 0.6) is 0 Å². The lowest BCUT2D eigenvalue weighted by Gasteiger charge is -2.20. The second kappa shape index (κ2) is 10.3. The monoisotopic (exact) mass is 361 g/mol. The lowest BCUT2D eigenvalue weighted by molar-refractivity contribution is -0.130. The van der Waals surface area contributed by atoms with Crippen molar-refractivity contribution in [2.24, 2.45) is 5.73 Å². The first-order valence-corrected chi connectivity index (χ1v) is 9.44. The van der Waals surface area contributed by atoms with Gasteiger partial charge in [-0.1, -0.05) is 24.3 Å². The number of likely N-dealkylation sites (N-methyl/N-ethyl adjacent to an activating group) is 1. The minimum absolute atomic E-state index is 0.262. The van der Waals surface area contributed by atoms with Crippen LogP contribution in [-0.2, 0) is 27.2 Å². The number of nitrogens with two attached hydrogens (primary N) is 1. The molecule has 0 bridgehead atoms. The van der Waals surface area contributed by atoms with E-state index in [9.17, 15) is 9.59 Å². The first kappa shape index (κ1) is 20.4. The summed E-state index contributed by atoms with van der Waals surface area (Å²) in [5, 5.41) is 0. The van der Waals surface area contributed by atoms with Crippen molar-refractivity contribution in [1.29, 1.82) is 0 Å². The molecule has 1 atom stereocenters. The van der Waals surface area contributed by atoms with Gasteiger partial charge in [0.15, 0.2) is 0 Å². The number of ether oxygens (including phenoxy) is 1. The number of carbonyl (C=O) groups excluding carboxylic acids is 2. The van der Waals surface area contributed by atoms with Crippen molar-refractivity contribution in [2.45, 2.75) is 38.7 Å². The van der Waals surface area contributed by atoms with Gasteiger partial charge < -0.3 is 20.3 Å². The Morgan fingerprint density at radius 1 is 1.19 bits per heavy atom. The van der Waals surface area contributed by atoms with E-state index in [-0.39, 0.29) is 5.91 Å². The molecule has 1 saturated heterocycles. The molecular weight excluding hydrogens is 330 g/mol. The van der Waals surface area contributed by atoms with Crippen molar-refractivity contribution in [1.82, 2.24) is 9.80 Å². The Morgan fingerprint density at radius 3 is 2.54 bits per heavy atom. The topological polar surface area (TPSA) is 75.9 Å². The van der Waals surface area contributed by atoms with Gasteiger partial charge in [-0.25, -0.2) is 0 Å². The molecule has 1 fully saturated rings. The molecule has 0 radical (unpaired) electrons. The molecule has 2 rings (SSSR count). The van der Waals surface area contributed by atoms with Crippen LogP contribution < -0.4 is 5.73 Å². The Kier molecular flexibility index (Phi) is 8.06. The van der Waals surface area contributed by atoms with Gasteiger partial charge in [0, 0.05) is 45.6 Å². The highest BCUT2D eigenvalue weighted by Crippen LogP contribution is 2.12. The molecule has 1 aromatic rings. The number of nitrogens with zero attached hydrogens (tertiary/aromatic N) is 2. The van der Waals surface area contributed by atoms with Crippen LogP contribution in [0.2, 0.25) is 0 Å². The second-order valence-electron chi connectivity index (χ2n) is 6.90. The van der Waals surface area contributed by atoms with Gasteiger partial charge >= 0.3 is 0 Å². The van der Waals surface area contributed by atoms with E-state index < -0.39 is 12.0 Å². The average molecular weight is 361 g/mol. The number of carbonyl (C=O) groups is 2. The number of hydrogen-bond donors (Lipinski definition) is 1. The molecular formula is C20H31N3O3. The largest absolute Gasteiger partial charge is 0.368 e. The Hall–Kier alpha value is -1.92. The van der Waals surface area contributed by atoms with Gasteiger partial charge in [-0.15, -0.1) is 0 Å². The predicted molar refractivity (Wildman–Crippen MR) is 102 cm³/mol. The fourth-order valence-corrected chi connectivity index (χ4v) is 3.18. The van der Waals surface area contributed by atoms with Gasteiger partial charge in [-0.3, -0.25) is 9.59 Å². The van der Waals surface area contributed by atoms with Crippen molar-refractivity contribution in [2.75, 3.05) is 39.8 Å². The van der Waals surface area contributed by atoms with Crippen molar-refractivity contribution >= 4 is 11.8 Å². The number of benzene rings is 1. The smallest absolute Gasteiger partial charge is 0.246 e. The number of hydrogen-bond acceptors (Lipinski definition) is 4. The van der Waals surface area contributed by atoms with Crippen molar-refractivity contribution < 1.29 is 14.3 Å². The molecule has 1 aliphatic rings. The number of amides is 2. The molecule has 6 nitrogen and oxygen atoms in total. The van der Waals surface area contributed by atoms with Crippen LogP contribution in [0.15, 0.2) is 24.3 Å². The maximum atomic E-state index is 12.1. The van der Waals surface area contributed by atoms with Crippen molar-refractivity contribution in [3.8, 4) is 0 Å². The van der Waals surface area contributed by atoms with Gasteiger partial charge in [0.05, 0.1) is 0 Å². The maximum absolute atomic E-state index is 12.1. The van der Waals surface area contributed by atoms with Crippen LogP contribution in [0, 0.1) is 0 Å². The molecule has 1 heterocycles. The molecule has 0 aromatic heterocycles. The Balaban J connectivity index is 1.80. The van der Waals surface area contributed by atoms with E-state index in [4.69, 9.17) is 10.5 Å². The molecule has 26 heavy (non-hydrogen) atoms. The fourth-order valence-electron chi connectivity index (χ4n) is 3.18. The van der Waals surface area contributed by atoms with E-state index in [1.165, 1.54) is 5.56 Å². The second-order valence-corrected chi connectivity index (χ2v) is 6.90. The summed E-state index contributed by atoms with van der Waals surface area (Å²) in [6.07, 6.45) is 2.44. The first-order valence-electron chi connectivity index (χ1n) is 9.44. The third kappa shape index (κ3) is 6.42. The normalized spacial score (nSPS) is 17.2. The molecule has 2 amide bonds. The summed E-state index contributed by atoms with van der Waals surface area (Å²) in [6.45, 7) is 5.75. The summed E-state index contributed by atoms with van der Waals surface area (Å²) in [5.74, 6) is -0.165. The highest BCUT2D eigenvalue weighted by Gasteiger charge is 2.18. The minimum atomic E-state index is -0.571. The Labute approximate surface area is 156 Å². The van der Waals surface area contributed by atoms with E-state index in [1.54, 1.807) is 0 Å². The third-order valence-corrected chi connectivity index (χ3v) is 4.83. The quantitative estimate of drug-likeness (QED) is 0.717. The van der Waals surface area contributed by atoms with E-state index in [0.29, 0.717) is 19.4 Å². The van der Waals surface area contributed by atoms with Crippen molar-refractivity contribution in [3.05, 3.63) is 35.4 Å². The Morgan fingerprint density at radius 2 is 1.88 bits per heavy atom. The summed E-state index contributed by atoms with van der Waals surface area (Å²) >= 11 is 0. The zero-order valence-corrected chi connectivity index (χ0v) is 15.9. The van der Waals surface area contributed by atoms with Gasteiger partial charge in [0.2, 0.25) is 11.8 Å². The van der Waals surface area contributed by atoms with Crippen LogP contribution in [0.3, 0.4) is 0 Å². The molecule has 1 unspecified atom stereocenters. The lowest BCUT2D eigenvalue weighted by Crippen LogP contribution is -2.33. The molecule has 1 aliphatic heterocycles. The summed E-state index contributed by atoms with van der Waals surface area (Å²) in [6, 6.07) is 8.21. The zero-order chi connectivity index (χ0) is 18.9.